The Labute approximate surface area is 136 Å². The van der Waals surface area contributed by atoms with Crippen molar-refractivity contribution in [1.29, 1.82) is 0 Å². The van der Waals surface area contributed by atoms with E-state index in [9.17, 15) is 4.79 Å². The predicted molar refractivity (Wildman–Crippen MR) is 88.7 cm³/mol. The van der Waals surface area contributed by atoms with Crippen LogP contribution < -0.4 is 10.6 Å². The lowest BCUT2D eigenvalue weighted by Crippen LogP contribution is -2.25. The van der Waals surface area contributed by atoms with E-state index in [-0.39, 0.29) is 5.91 Å². The Morgan fingerprint density at radius 1 is 1.43 bits per heavy atom. The summed E-state index contributed by atoms with van der Waals surface area (Å²) in [6.07, 6.45) is 0.933. The summed E-state index contributed by atoms with van der Waals surface area (Å²) in [5.41, 5.74) is 0.857. The largest absolute Gasteiger partial charge is 0.355 e. The Morgan fingerprint density at radius 3 is 3.05 bits per heavy atom. The summed E-state index contributed by atoms with van der Waals surface area (Å²) in [4.78, 5) is 11.5. The van der Waals surface area contributed by atoms with E-state index in [1.807, 2.05) is 31.2 Å². The number of benzene rings is 1. The van der Waals surface area contributed by atoms with E-state index in [4.69, 9.17) is 11.6 Å². The SMILES string of the molecule is CCCNC(=O)CSc1nnc(Nc2cccc(Cl)c2)s1. The summed E-state index contributed by atoms with van der Waals surface area (Å²) in [6.45, 7) is 2.73. The number of carbonyl (C=O) groups excluding carboxylic acids is 1. The monoisotopic (exact) mass is 342 g/mol. The van der Waals surface area contributed by atoms with Gasteiger partial charge in [-0.25, -0.2) is 0 Å². The van der Waals surface area contributed by atoms with Gasteiger partial charge in [-0.2, -0.15) is 0 Å². The number of hydrogen-bond acceptors (Lipinski definition) is 6. The number of nitrogens with one attached hydrogen (secondary N) is 2. The molecule has 0 saturated carbocycles. The highest BCUT2D eigenvalue weighted by molar-refractivity contribution is 8.01. The van der Waals surface area contributed by atoms with E-state index >= 15 is 0 Å². The van der Waals surface area contributed by atoms with Gasteiger partial charge in [0.1, 0.15) is 0 Å². The normalized spacial score (nSPS) is 10.4. The number of rotatable bonds is 7. The number of halogens is 1. The van der Waals surface area contributed by atoms with Crippen molar-refractivity contribution in [2.75, 3.05) is 17.6 Å². The third kappa shape index (κ3) is 5.53. The van der Waals surface area contributed by atoms with Crippen LogP contribution in [0.4, 0.5) is 10.8 Å². The van der Waals surface area contributed by atoms with Crippen LogP contribution in [0.3, 0.4) is 0 Å². The Hall–Kier alpha value is -1.31. The molecule has 0 radical (unpaired) electrons. The lowest BCUT2D eigenvalue weighted by Gasteiger charge is -2.01. The van der Waals surface area contributed by atoms with Crippen LogP contribution in [-0.2, 0) is 4.79 Å². The molecule has 8 heteroatoms. The summed E-state index contributed by atoms with van der Waals surface area (Å²) in [6, 6.07) is 7.38. The molecule has 0 aliphatic heterocycles. The first-order chi connectivity index (χ1) is 10.2. The van der Waals surface area contributed by atoms with Crippen LogP contribution in [0.25, 0.3) is 0 Å². The average Bonchev–Trinajstić information content (AvgIpc) is 2.90. The quantitative estimate of drug-likeness (QED) is 0.753. The number of thioether (sulfide) groups is 1. The third-order valence-corrected chi connectivity index (χ3v) is 4.59. The van der Waals surface area contributed by atoms with E-state index in [2.05, 4.69) is 20.8 Å². The van der Waals surface area contributed by atoms with Crippen LogP contribution in [0.2, 0.25) is 5.02 Å². The van der Waals surface area contributed by atoms with Gasteiger partial charge in [-0.15, -0.1) is 10.2 Å². The Kier molecular flexibility index (Phi) is 6.28. The first kappa shape index (κ1) is 16.1. The lowest BCUT2D eigenvalue weighted by molar-refractivity contribution is -0.118. The smallest absolute Gasteiger partial charge is 0.230 e. The van der Waals surface area contributed by atoms with Gasteiger partial charge in [0.15, 0.2) is 4.34 Å². The van der Waals surface area contributed by atoms with E-state index in [0.717, 1.165) is 16.4 Å². The first-order valence-corrected chi connectivity index (χ1v) is 8.61. The van der Waals surface area contributed by atoms with Crippen molar-refractivity contribution in [3.8, 4) is 0 Å². The molecular formula is C13H15ClN4OS2. The number of hydrogen-bond donors (Lipinski definition) is 2. The molecule has 1 heterocycles. The molecule has 0 saturated heterocycles. The van der Waals surface area contributed by atoms with Gasteiger partial charge in [0, 0.05) is 17.3 Å². The number of anilines is 2. The minimum absolute atomic E-state index is 0.0152. The van der Waals surface area contributed by atoms with Crippen molar-refractivity contribution in [2.24, 2.45) is 0 Å². The molecule has 0 unspecified atom stereocenters. The molecule has 0 spiro atoms. The van der Waals surface area contributed by atoms with Crippen molar-refractivity contribution in [3.05, 3.63) is 29.3 Å². The lowest BCUT2D eigenvalue weighted by atomic mass is 10.3. The number of nitrogens with zero attached hydrogens (tertiary/aromatic N) is 2. The summed E-state index contributed by atoms with van der Waals surface area (Å²) in [5.74, 6) is 0.368. The molecule has 5 nitrogen and oxygen atoms in total. The zero-order valence-corrected chi connectivity index (χ0v) is 13.8. The fourth-order valence-corrected chi connectivity index (χ4v) is 3.24. The molecule has 2 N–H and O–H groups in total. The van der Waals surface area contributed by atoms with Crippen LogP contribution in [0.5, 0.6) is 0 Å². The molecule has 21 heavy (non-hydrogen) atoms. The second-order valence-electron chi connectivity index (χ2n) is 4.15. The molecule has 2 rings (SSSR count). The molecular weight excluding hydrogens is 328 g/mol. The highest BCUT2D eigenvalue weighted by Gasteiger charge is 2.08. The molecule has 2 aromatic rings. The Bertz CT molecular complexity index is 605. The fraction of sp³-hybridized carbons (Fsp3) is 0.308. The maximum Gasteiger partial charge on any atom is 0.230 e. The molecule has 0 bridgehead atoms. The standard InChI is InChI=1S/C13H15ClN4OS2/c1-2-6-15-11(19)8-20-13-18-17-12(21-13)16-10-5-3-4-9(14)7-10/h3-5,7H,2,6,8H2,1H3,(H,15,19)(H,16,17). The second kappa shape index (κ2) is 8.21. The summed E-state index contributed by atoms with van der Waals surface area (Å²) >= 11 is 8.71. The maximum atomic E-state index is 11.5. The third-order valence-electron chi connectivity index (χ3n) is 2.38. The Morgan fingerprint density at radius 2 is 2.29 bits per heavy atom. The van der Waals surface area contributed by atoms with E-state index in [1.165, 1.54) is 23.1 Å². The molecule has 0 aliphatic rings. The average molecular weight is 343 g/mol. The van der Waals surface area contributed by atoms with Gasteiger partial charge in [-0.1, -0.05) is 47.7 Å². The molecule has 112 valence electrons. The van der Waals surface area contributed by atoms with Crippen LogP contribution in [0.1, 0.15) is 13.3 Å². The highest BCUT2D eigenvalue weighted by Crippen LogP contribution is 2.28. The van der Waals surface area contributed by atoms with E-state index in [1.54, 1.807) is 0 Å². The molecule has 0 aliphatic carbocycles. The maximum absolute atomic E-state index is 11.5. The highest BCUT2D eigenvalue weighted by atomic mass is 35.5. The van der Waals surface area contributed by atoms with Gasteiger partial charge in [-0.3, -0.25) is 4.79 Å². The zero-order valence-electron chi connectivity index (χ0n) is 11.4. The number of carbonyl (C=O) groups is 1. The van der Waals surface area contributed by atoms with Gasteiger partial charge < -0.3 is 10.6 Å². The molecule has 1 amide bonds. The van der Waals surface area contributed by atoms with Gasteiger partial charge in [0.2, 0.25) is 11.0 Å². The first-order valence-electron chi connectivity index (χ1n) is 6.43. The van der Waals surface area contributed by atoms with Crippen LogP contribution in [-0.4, -0.2) is 28.4 Å². The minimum atomic E-state index is 0.0152. The van der Waals surface area contributed by atoms with Crippen molar-refractivity contribution >= 4 is 51.4 Å². The second-order valence-corrected chi connectivity index (χ2v) is 6.78. The summed E-state index contributed by atoms with van der Waals surface area (Å²) in [7, 11) is 0. The topological polar surface area (TPSA) is 66.9 Å². The summed E-state index contributed by atoms with van der Waals surface area (Å²) in [5, 5.41) is 15.4. The van der Waals surface area contributed by atoms with Crippen LogP contribution in [0.15, 0.2) is 28.6 Å². The van der Waals surface area contributed by atoms with Crippen molar-refractivity contribution < 1.29 is 4.79 Å². The van der Waals surface area contributed by atoms with Gasteiger partial charge in [0.05, 0.1) is 5.75 Å². The molecule has 0 atom stereocenters. The van der Waals surface area contributed by atoms with Crippen LogP contribution >= 0.6 is 34.7 Å². The van der Waals surface area contributed by atoms with E-state index < -0.39 is 0 Å². The summed E-state index contributed by atoms with van der Waals surface area (Å²) < 4.78 is 0.756. The zero-order chi connectivity index (χ0) is 15.1. The minimum Gasteiger partial charge on any atom is -0.355 e. The van der Waals surface area contributed by atoms with Crippen molar-refractivity contribution in [1.82, 2.24) is 15.5 Å². The Balaban J connectivity index is 1.85. The molecule has 1 aromatic heterocycles. The van der Waals surface area contributed by atoms with Gasteiger partial charge >= 0.3 is 0 Å². The molecule has 0 fully saturated rings. The van der Waals surface area contributed by atoms with Crippen LogP contribution in [0, 0.1) is 0 Å². The fourth-order valence-electron chi connectivity index (χ4n) is 1.45. The number of amides is 1. The van der Waals surface area contributed by atoms with Gasteiger partial charge in [0.25, 0.3) is 0 Å². The van der Waals surface area contributed by atoms with Crippen molar-refractivity contribution in [3.63, 3.8) is 0 Å². The predicted octanol–water partition coefficient (Wildman–Crippen LogP) is 3.55. The van der Waals surface area contributed by atoms with Crippen molar-refractivity contribution in [2.45, 2.75) is 17.7 Å². The van der Waals surface area contributed by atoms with E-state index in [0.29, 0.717) is 22.5 Å². The van der Waals surface area contributed by atoms with Gasteiger partial charge in [-0.05, 0) is 24.6 Å². The molecule has 1 aromatic carbocycles. The number of aromatic nitrogens is 2.